The normalized spacial score (nSPS) is 8.76. The van der Waals surface area contributed by atoms with E-state index in [0.29, 0.717) is 18.6 Å². The van der Waals surface area contributed by atoms with Crippen molar-refractivity contribution in [3.8, 4) is 11.5 Å². The molecule has 0 aromatic heterocycles. The van der Waals surface area contributed by atoms with Crippen LogP contribution < -0.4 is 4.74 Å². The van der Waals surface area contributed by atoms with Crippen LogP contribution in [0.1, 0.15) is 30.1 Å². The molecule has 1 aromatic rings. The molecule has 94 valence electrons. The summed E-state index contributed by atoms with van der Waals surface area (Å²) in [4.78, 5) is 18.8. The van der Waals surface area contributed by atoms with E-state index in [-0.39, 0.29) is 17.8 Å². The molecule has 0 spiro atoms. The summed E-state index contributed by atoms with van der Waals surface area (Å²) >= 11 is 0. The van der Waals surface area contributed by atoms with Crippen molar-refractivity contribution in [1.29, 1.82) is 0 Å². The Balaban J connectivity index is 0.000000770. The molecule has 1 aromatic carbocycles. The molecule has 0 fully saturated rings. The van der Waals surface area contributed by atoms with Gasteiger partial charge in [0, 0.05) is 6.07 Å². The fraction of sp³-hybridized carbons (Fsp3) is 0.333. The minimum atomic E-state index is -0.250. The van der Waals surface area contributed by atoms with Crippen LogP contribution in [0.15, 0.2) is 18.2 Å². The molecule has 0 aliphatic heterocycles. The number of unbranched alkanes of at least 4 members (excludes halogenated alkanes) is 1. The predicted octanol–water partition coefficient (Wildman–Crippen LogP) is 2.08. The van der Waals surface area contributed by atoms with Crippen molar-refractivity contribution < 1.29 is 24.5 Å². The molecule has 0 radical (unpaired) electrons. The van der Waals surface area contributed by atoms with Gasteiger partial charge in [0.15, 0.2) is 6.29 Å². The van der Waals surface area contributed by atoms with E-state index in [2.05, 4.69) is 6.92 Å². The van der Waals surface area contributed by atoms with Gasteiger partial charge in [0.25, 0.3) is 6.47 Å². The first-order valence-corrected chi connectivity index (χ1v) is 5.18. The first kappa shape index (κ1) is 15.0. The zero-order chi connectivity index (χ0) is 13.1. The van der Waals surface area contributed by atoms with Crippen LogP contribution in [0.5, 0.6) is 11.5 Å². The van der Waals surface area contributed by atoms with Crippen molar-refractivity contribution in [3.63, 3.8) is 0 Å². The molecule has 0 saturated heterocycles. The molecule has 0 unspecified atom stereocenters. The Bertz CT molecular complexity index is 349. The smallest absolute Gasteiger partial charge is 0.290 e. The van der Waals surface area contributed by atoms with E-state index in [1.165, 1.54) is 6.07 Å². The summed E-state index contributed by atoms with van der Waals surface area (Å²) < 4.78 is 5.35. The Kier molecular flexibility index (Phi) is 8.10. The number of aldehydes is 1. The van der Waals surface area contributed by atoms with Gasteiger partial charge in [-0.05, 0) is 18.6 Å². The largest absolute Gasteiger partial charge is 0.507 e. The third-order valence-electron chi connectivity index (χ3n) is 1.90. The van der Waals surface area contributed by atoms with Gasteiger partial charge in [0.05, 0.1) is 12.2 Å². The van der Waals surface area contributed by atoms with E-state index in [0.717, 1.165) is 12.8 Å². The Hall–Kier alpha value is -2.04. The lowest BCUT2D eigenvalue weighted by atomic mass is 10.2. The van der Waals surface area contributed by atoms with Crippen LogP contribution in [0, 0.1) is 0 Å². The fourth-order valence-electron chi connectivity index (χ4n) is 1.05. The van der Waals surface area contributed by atoms with Crippen LogP contribution in [-0.2, 0) is 4.79 Å². The van der Waals surface area contributed by atoms with E-state index in [9.17, 15) is 9.90 Å². The number of carboxylic acid groups (broad SMARTS) is 1. The van der Waals surface area contributed by atoms with Crippen molar-refractivity contribution in [2.75, 3.05) is 6.61 Å². The summed E-state index contributed by atoms with van der Waals surface area (Å²) in [6.45, 7) is 2.46. The predicted molar refractivity (Wildman–Crippen MR) is 62.6 cm³/mol. The van der Waals surface area contributed by atoms with E-state index in [1.807, 2.05) is 0 Å². The van der Waals surface area contributed by atoms with Crippen molar-refractivity contribution in [2.45, 2.75) is 19.8 Å². The topological polar surface area (TPSA) is 83.8 Å². The maximum Gasteiger partial charge on any atom is 0.290 e. The fourth-order valence-corrected chi connectivity index (χ4v) is 1.05. The minimum Gasteiger partial charge on any atom is -0.507 e. The lowest BCUT2D eigenvalue weighted by molar-refractivity contribution is -0.122. The van der Waals surface area contributed by atoms with Crippen LogP contribution in [0.2, 0.25) is 0 Å². The summed E-state index contributed by atoms with van der Waals surface area (Å²) in [5, 5.41) is 16.2. The van der Waals surface area contributed by atoms with Crippen molar-refractivity contribution in [2.24, 2.45) is 0 Å². The molecule has 17 heavy (non-hydrogen) atoms. The quantitative estimate of drug-likeness (QED) is 0.608. The van der Waals surface area contributed by atoms with Crippen LogP contribution in [0.25, 0.3) is 0 Å². The van der Waals surface area contributed by atoms with Gasteiger partial charge in [-0.1, -0.05) is 13.3 Å². The standard InChI is InChI=1S/C11H14O3.CH2O2/c1-2-3-6-14-10-5-4-9(8-12)11(13)7-10;2-1-3/h4-5,7-8,13H,2-3,6H2,1H3;1H,(H,2,3). The van der Waals surface area contributed by atoms with Gasteiger partial charge in [-0.25, -0.2) is 0 Å². The highest BCUT2D eigenvalue weighted by molar-refractivity contribution is 5.79. The second-order valence-corrected chi connectivity index (χ2v) is 3.15. The van der Waals surface area contributed by atoms with E-state index >= 15 is 0 Å². The van der Waals surface area contributed by atoms with E-state index in [1.54, 1.807) is 12.1 Å². The van der Waals surface area contributed by atoms with E-state index in [4.69, 9.17) is 14.6 Å². The van der Waals surface area contributed by atoms with Crippen LogP contribution in [0.3, 0.4) is 0 Å². The number of carbonyl (C=O) groups is 2. The van der Waals surface area contributed by atoms with Gasteiger partial charge in [-0.3, -0.25) is 9.59 Å². The molecule has 5 nitrogen and oxygen atoms in total. The summed E-state index contributed by atoms with van der Waals surface area (Å²) in [5.74, 6) is 0.565. The van der Waals surface area contributed by atoms with Crippen LogP contribution in [0.4, 0.5) is 0 Å². The van der Waals surface area contributed by atoms with Crippen LogP contribution >= 0.6 is 0 Å². The number of phenols is 1. The van der Waals surface area contributed by atoms with Crippen LogP contribution in [-0.4, -0.2) is 29.6 Å². The second kappa shape index (κ2) is 9.21. The van der Waals surface area contributed by atoms with Crippen molar-refractivity contribution in [3.05, 3.63) is 23.8 Å². The number of benzene rings is 1. The molecule has 1 rings (SSSR count). The average Bonchev–Trinajstić information content (AvgIpc) is 2.31. The highest BCUT2D eigenvalue weighted by Gasteiger charge is 2.01. The summed E-state index contributed by atoms with van der Waals surface area (Å²) in [6, 6.07) is 4.68. The zero-order valence-corrected chi connectivity index (χ0v) is 9.63. The lowest BCUT2D eigenvalue weighted by Gasteiger charge is -2.05. The minimum absolute atomic E-state index is 0.0333. The number of ether oxygens (including phenoxy) is 1. The Morgan fingerprint density at radius 1 is 1.35 bits per heavy atom. The highest BCUT2D eigenvalue weighted by atomic mass is 16.5. The number of hydrogen-bond donors (Lipinski definition) is 2. The molecule has 0 heterocycles. The van der Waals surface area contributed by atoms with Gasteiger partial charge in [-0.2, -0.15) is 0 Å². The number of hydrogen-bond acceptors (Lipinski definition) is 4. The van der Waals surface area contributed by atoms with Gasteiger partial charge in [0.1, 0.15) is 11.5 Å². The summed E-state index contributed by atoms with van der Waals surface area (Å²) in [6.07, 6.45) is 2.67. The molecule has 0 saturated carbocycles. The van der Waals surface area contributed by atoms with Crippen molar-refractivity contribution in [1.82, 2.24) is 0 Å². The summed E-state index contributed by atoms with van der Waals surface area (Å²) in [7, 11) is 0. The van der Waals surface area contributed by atoms with E-state index < -0.39 is 0 Å². The van der Waals surface area contributed by atoms with Crippen molar-refractivity contribution >= 4 is 12.8 Å². The molecule has 0 amide bonds. The molecule has 0 aliphatic carbocycles. The highest BCUT2D eigenvalue weighted by Crippen LogP contribution is 2.22. The van der Waals surface area contributed by atoms with Gasteiger partial charge in [-0.15, -0.1) is 0 Å². The number of rotatable bonds is 5. The monoisotopic (exact) mass is 240 g/mol. The summed E-state index contributed by atoms with van der Waals surface area (Å²) in [5.41, 5.74) is 0.285. The lowest BCUT2D eigenvalue weighted by Crippen LogP contribution is -1.96. The number of aromatic hydroxyl groups is 1. The zero-order valence-electron chi connectivity index (χ0n) is 9.63. The average molecular weight is 240 g/mol. The van der Waals surface area contributed by atoms with Gasteiger partial charge in [0.2, 0.25) is 0 Å². The molecular formula is C12H16O5. The third-order valence-corrected chi connectivity index (χ3v) is 1.90. The van der Waals surface area contributed by atoms with Gasteiger partial charge >= 0.3 is 0 Å². The molecule has 0 bridgehead atoms. The Morgan fingerprint density at radius 3 is 2.47 bits per heavy atom. The Labute approximate surface area is 99.7 Å². The number of phenolic OH excluding ortho intramolecular Hbond substituents is 1. The Morgan fingerprint density at radius 2 is 2.00 bits per heavy atom. The number of carbonyl (C=O) groups excluding carboxylic acids is 1. The second-order valence-electron chi connectivity index (χ2n) is 3.15. The molecule has 5 heteroatoms. The maximum absolute atomic E-state index is 10.4. The molecule has 0 aliphatic rings. The van der Waals surface area contributed by atoms with Gasteiger partial charge < -0.3 is 14.9 Å². The first-order valence-electron chi connectivity index (χ1n) is 5.18. The molecular weight excluding hydrogens is 224 g/mol. The maximum atomic E-state index is 10.4. The molecule has 2 N–H and O–H groups in total. The first-order chi connectivity index (χ1) is 8.19. The SMILES string of the molecule is CCCCOc1ccc(C=O)c(O)c1.O=CO. The molecule has 0 atom stereocenters. The third kappa shape index (κ3) is 6.19.